The van der Waals surface area contributed by atoms with E-state index in [-0.39, 0.29) is 24.2 Å². The van der Waals surface area contributed by atoms with E-state index in [0.29, 0.717) is 13.0 Å². The lowest BCUT2D eigenvalue weighted by Crippen LogP contribution is -2.55. The van der Waals surface area contributed by atoms with Crippen LogP contribution in [0.2, 0.25) is 0 Å². The van der Waals surface area contributed by atoms with Crippen LogP contribution in [0.1, 0.15) is 41.0 Å². The Hall–Kier alpha value is -1.52. The van der Waals surface area contributed by atoms with Gasteiger partial charge in [0.15, 0.2) is 0 Å². The molecule has 0 bridgehead atoms. The summed E-state index contributed by atoms with van der Waals surface area (Å²) >= 11 is 0. The molecule has 5 heteroatoms. The molecule has 1 atom stereocenters. The van der Waals surface area contributed by atoms with Crippen LogP contribution in [0.15, 0.2) is 12.7 Å². The van der Waals surface area contributed by atoms with Crippen LogP contribution >= 0.6 is 0 Å². The van der Waals surface area contributed by atoms with Gasteiger partial charge in [-0.1, -0.05) is 13.0 Å². The zero-order valence-corrected chi connectivity index (χ0v) is 12.6. The van der Waals surface area contributed by atoms with Crippen LogP contribution in [0.3, 0.4) is 0 Å². The van der Waals surface area contributed by atoms with Crippen molar-refractivity contribution >= 4 is 12.0 Å². The van der Waals surface area contributed by atoms with E-state index in [1.165, 1.54) is 4.90 Å². The van der Waals surface area contributed by atoms with E-state index < -0.39 is 5.97 Å². The highest BCUT2D eigenvalue weighted by atomic mass is 16.4. The van der Waals surface area contributed by atoms with Crippen molar-refractivity contribution in [2.24, 2.45) is 0 Å². The van der Waals surface area contributed by atoms with E-state index in [2.05, 4.69) is 6.58 Å². The lowest BCUT2D eigenvalue weighted by atomic mass is 10.1. The summed E-state index contributed by atoms with van der Waals surface area (Å²) in [6, 6.07) is -0.373. The second-order valence-corrected chi connectivity index (χ2v) is 5.63. The van der Waals surface area contributed by atoms with Crippen LogP contribution in [-0.4, -0.2) is 51.6 Å². The summed E-state index contributed by atoms with van der Waals surface area (Å²) in [6.45, 7) is 13.3. The van der Waals surface area contributed by atoms with Gasteiger partial charge in [0, 0.05) is 18.1 Å². The zero-order chi connectivity index (χ0) is 15.2. The fourth-order valence-corrected chi connectivity index (χ4v) is 1.70. The number of rotatable bonds is 6. The van der Waals surface area contributed by atoms with E-state index in [4.69, 9.17) is 5.11 Å². The van der Waals surface area contributed by atoms with Crippen LogP contribution in [0.5, 0.6) is 0 Å². The summed E-state index contributed by atoms with van der Waals surface area (Å²) in [5, 5.41) is 8.96. The molecule has 110 valence electrons. The smallest absolute Gasteiger partial charge is 0.323 e. The molecule has 0 spiro atoms. The van der Waals surface area contributed by atoms with Crippen molar-refractivity contribution in [2.45, 2.75) is 52.6 Å². The first-order chi connectivity index (χ1) is 8.65. The molecule has 0 aliphatic carbocycles. The predicted octanol–water partition coefficient (Wildman–Crippen LogP) is 2.58. The van der Waals surface area contributed by atoms with E-state index in [0.717, 1.165) is 0 Å². The summed E-state index contributed by atoms with van der Waals surface area (Å²) in [5.74, 6) is -0.999. The van der Waals surface area contributed by atoms with Crippen LogP contribution in [-0.2, 0) is 4.79 Å². The summed E-state index contributed by atoms with van der Waals surface area (Å²) in [6.07, 6.45) is 2.36. The Bertz CT molecular complexity index is 334. The van der Waals surface area contributed by atoms with Crippen molar-refractivity contribution in [2.75, 3.05) is 13.1 Å². The van der Waals surface area contributed by atoms with E-state index in [9.17, 15) is 9.59 Å². The average molecular weight is 270 g/mol. The highest BCUT2D eigenvalue weighted by Gasteiger charge is 2.32. The van der Waals surface area contributed by atoms with Gasteiger partial charge in [-0.15, -0.1) is 6.58 Å². The number of hydrogen-bond acceptors (Lipinski definition) is 2. The number of urea groups is 1. The van der Waals surface area contributed by atoms with Crippen LogP contribution in [0.25, 0.3) is 0 Å². The maximum absolute atomic E-state index is 12.6. The van der Waals surface area contributed by atoms with Gasteiger partial charge in [-0.05, 0) is 34.1 Å². The summed E-state index contributed by atoms with van der Waals surface area (Å²) in [5.41, 5.74) is -0.379. The predicted molar refractivity (Wildman–Crippen MR) is 76.1 cm³/mol. The summed E-state index contributed by atoms with van der Waals surface area (Å²) in [7, 11) is 0. The third kappa shape index (κ3) is 5.32. The van der Waals surface area contributed by atoms with Gasteiger partial charge in [0.05, 0.1) is 0 Å². The zero-order valence-electron chi connectivity index (χ0n) is 12.6. The molecule has 0 aliphatic rings. The van der Waals surface area contributed by atoms with Gasteiger partial charge in [-0.3, -0.25) is 4.79 Å². The lowest BCUT2D eigenvalue weighted by molar-refractivity contribution is -0.138. The second kappa shape index (κ2) is 7.16. The Morgan fingerprint density at radius 3 is 2.21 bits per heavy atom. The van der Waals surface area contributed by atoms with Crippen LogP contribution < -0.4 is 0 Å². The van der Waals surface area contributed by atoms with E-state index >= 15 is 0 Å². The molecule has 1 unspecified atom stereocenters. The van der Waals surface area contributed by atoms with Crippen LogP contribution in [0.4, 0.5) is 4.79 Å². The number of nitrogens with zero attached hydrogens (tertiary/aromatic N) is 2. The number of aliphatic carboxylic acids is 1. The van der Waals surface area contributed by atoms with E-state index in [1.807, 2.05) is 34.6 Å². The Labute approximate surface area is 115 Å². The van der Waals surface area contributed by atoms with Crippen molar-refractivity contribution in [1.29, 1.82) is 0 Å². The van der Waals surface area contributed by atoms with Crippen LogP contribution in [0, 0.1) is 0 Å². The van der Waals surface area contributed by atoms with Gasteiger partial charge in [0.2, 0.25) is 0 Å². The van der Waals surface area contributed by atoms with Crippen molar-refractivity contribution in [3.05, 3.63) is 12.7 Å². The molecule has 0 heterocycles. The fraction of sp³-hybridized carbons (Fsp3) is 0.714. The lowest BCUT2D eigenvalue weighted by Gasteiger charge is -2.40. The first kappa shape index (κ1) is 17.5. The molecule has 0 aromatic rings. The standard InChI is InChI=1S/C14H26N2O3/c1-7-9-16(14(4,5)6)13(19)15(10-12(17)18)11(3)8-2/h7,11H,1,8-10H2,2-6H3,(H,17,18). The molecule has 0 fully saturated rings. The van der Waals surface area contributed by atoms with Crippen molar-refractivity contribution in [1.82, 2.24) is 9.80 Å². The number of amides is 2. The van der Waals surface area contributed by atoms with Gasteiger partial charge in [-0.2, -0.15) is 0 Å². The Morgan fingerprint density at radius 2 is 1.89 bits per heavy atom. The fourth-order valence-electron chi connectivity index (χ4n) is 1.70. The molecular weight excluding hydrogens is 244 g/mol. The molecule has 0 saturated carbocycles. The van der Waals surface area contributed by atoms with Gasteiger partial charge in [0.25, 0.3) is 0 Å². The number of hydrogen-bond donors (Lipinski definition) is 1. The SMILES string of the molecule is C=CCN(C(=O)N(CC(=O)O)C(C)CC)C(C)(C)C. The third-order valence-electron chi connectivity index (χ3n) is 3.03. The molecule has 19 heavy (non-hydrogen) atoms. The van der Waals surface area contributed by atoms with Crippen molar-refractivity contribution in [3.8, 4) is 0 Å². The number of carboxylic acids is 1. The highest BCUT2D eigenvalue weighted by molar-refractivity contribution is 5.81. The van der Waals surface area contributed by atoms with Crippen molar-refractivity contribution in [3.63, 3.8) is 0 Å². The van der Waals surface area contributed by atoms with Gasteiger partial charge < -0.3 is 14.9 Å². The average Bonchev–Trinajstić information content (AvgIpc) is 2.29. The minimum atomic E-state index is -0.999. The first-order valence-electron chi connectivity index (χ1n) is 6.56. The molecule has 0 aromatic carbocycles. The quantitative estimate of drug-likeness (QED) is 0.755. The molecule has 0 aromatic heterocycles. The molecule has 0 saturated heterocycles. The number of carboxylic acid groups (broad SMARTS) is 1. The molecule has 5 nitrogen and oxygen atoms in total. The molecular formula is C14H26N2O3. The van der Waals surface area contributed by atoms with Gasteiger partial charge >= 0.3 is 12.0 Å². The molecule has 0 rings (SSSR count). The first-order valence-corrected chi connectivity index (χ1v) is 6.56. The Morgan fingerprint density at radius 1 is 1.37 bits per heavy atom. The highest BCUT2D eigenvalue weighted by Crippen LogP contribution is 2.18. The minimum Gasteiger partial charge on any atom is -0.480 e. The molecule has 0 radical (unpaired) electrons. The van der Waals surface area contributed by atoms with E-state index in [1.54, 1.807) is 11.0 Å². The normalized spacial score (nSPS) is 12.7. The minimum absolute atomic E-state index is 0.113. The Kier molecular flexibility index (Phi) is 6.59. The third-order valence-corrected chi connectivity index (χ3v) is 3.03. The summed E-state index contributed by atoms with van der Waals surface area (Å²) < 4.78 is 0. The largest absolute Gasteiger partial charge is 0.480 e. The number of carbonyl (C=O) groups excluding carboxylic acids is 1. The maximum atomic E-state index is 12.6. The maximum Gasteiger partial charge on any atom is 0.323 e. The number of carbonyl (C=O) groups is 2. The molecule has 0 aliphatic heterocycles. The topological polar surface area (TPSA) is 60.9 Å². The Balaban J connectivity index is 5.23. The summed E-state index contributed by atoms with van der Waals surface area (Å²) in [4.78, 5) is 26.5. The molecule has 2 amide bonds. The monoisotopic (exact) mass is 270 g/mol. The second-order valence-electron chi connectivity index (χ2n) is 5.63. The van der Waals surface area contributed by atoms with Gasteiger partial charge in [0.1, 0.15) is 6.54 Å². The van der Waals surface area contributed by atoms with Crippen molar-refractivity contribution < 1.29 is 14.7 Å². The molecule has 1 N–H and O–H groups in total. The van der Waals surface area contributed by atoms with Gasteiger partial charge in [-0.25, -0.2) is 4.79 Å².